The molecule has 0 bridgehead atoms. The largest absolute Gasteiger partial charge is 0.743 e. The topological polar surface area (TPSA) is 119 Å². The van der Waals surface area contributed by atoms with Gasteiger partial charge in [-0.15, -0.1) is 0 Å². The van der Waals surface area contributed by atoms with Crippen LogP contribution in [0, 0.1) is 0 Å². The van der Waals surface area contributed by atoms with Gasteiger partial charge in [0.1, 0.15) is 5.57 Å². The molecule has 0 radical (unpaired) electrons. The Bertz CT molecular complexity index is 771. The SMILES string of the molecule is C=C(C(=O)OC(OCCC(F)(F)S(=O)(=O)[O-])(C(=O)OC(C)C)C(F)(F)F)C(F)(F)F. The number of halogens is 8. The molecule has 0 heterocycles. The Morgan fingerprint density at radius 3 is 1.83 bits per heavy atom. The number of ether oxygens (including phenoxy) is 3. The summed E-state index contributed by atoms with van der Waals surface area (Å²) in [6, 6.07) is 0. The molecule has 0 saturated carbocycles. The van der Waals surface area contributed by atoms with Crippen molar-refractivity contribution in [2.75, 3.05) is 6.61 Å². The highest BCUT2D eigenvalue weighted by atomic mass is 32.2. The first kappa shape index (κ1) is 28.0. The van der Waals surface area contributed by atoms with Gasteiger partial charge in [-0.05, 0) is 13.8 Å². The smallest absolute Gasteiger partial charge is 0.468 e. The average molecular weight is 481 g/mol. The average Bonchev–Trinajstić information content (AvgIpc) is 2.48. The van der Waals surface area contributed by atoms with Crippen molar-refractivity contribution < 1.29 is 71.9 Å². The zero-order chi connectivity index (χ0) is 24.3. The van der Waals surface area contributed by atoms with Gasteiger partial charge in [0.25, 0.3) is 0 Å². The summed E-state index contributed by atoms with van der Waals surface area (Å²) in [6.07, 6.45) is -15.5. The van der Waals surface area contributed by atoms with Gasteiger partial charge in [0.05, 0.1) is 12.7 Å². The lowest BCUT2D eigenvalue weighted by atomic mass is 10.2. The third-order valence-corrected chi connectivity index (χ3v) is 3.81. The molecule has 30 heavy (non-hydrogen) atoms. The summed E-state index contributed by atoms with van der Waals surface area (Å²) in [6.45, 7) is 1.99. The van der Waals surface area contributed by atoms with E-state index in [-0.39, 0.29) is 0 Å². The van der Waals surface area contributed by atoms with Gasteiger partial charge >= 0.3 is 35.3 Å². The van der Waals surface area contributed by atoms with Crippen molar-refractivity contribution in [3.63, 3.8) is 0 Å². The molecule has 17 heteroatoms. The molecule has 0 aromatic carbocycles. The number of hydrogen-bond donors (Lipinski definition) is 0. The number of esters is 2. The van der Waals surface area contributed by atoms with Crippen LogP contribution in [0.25, 0.3) is 0 Å². The van der Waals surface area contributed by atoms with Crippen molar-refractivity contribution in [1.82, 2.24) is 0 Å². The van der Waals surface area contributed by atoms with E-state index in [1.54, 1.807) is 0 Å². The molecule has 1 unspecified atom stereocenters. The van der Waals surface area contributed by atoms with Gasteiger partial charge in [-0.25, -0.2) is 18.0 Å². The quantitative estimate of drug-likeness (QED) is 0.162. The predicted octanol–water partition coefficient (Wildman–Crippen LogP) is 2.40. The molecule has 0 aliphatic heterocycles. The van der Waals surface area contributed by atoms with Crippen LogP contribution in [0.4, 0.5) is 35.1 Å². The van der Waals surface area contributed by atoms with Gasteiger partial charge < -0.3 is 18.8 Å². The van der Waals surface area contributed by atoms with Crippen molar-refractivity contribution >= 4 is 22.1 Å². The van der Waals surface area contributed by atoms with E-state index in [1.165, 1.54) is 0 Å². The molecule has 0 aliphatic carbocycles. The first-order valence-electron chi connectivity index (χ1n) is 7.33. The Balaban J connectivity index is 6.12. The second kappa shape index (κ2) is 9.01. The third-order valence-electron chi connectivity index (χ3n) is 2.87. The number of hydrogen-bond acceptors (Lipinski definition) is 8. The zero-order valence-corrected chi connectivity index (χ0v) is 15.7. The minimum absolute atomic E-state index is 0.966. The molecule has 0 rings (SSSR count). The van der Waals surface area contributed by atoms with Crippen molar-refractivity contribution in [2.45, 2.75) is 49.8 Å². The maximum atomic E-state index is 13.5. The Kier molecular flexibility index (Phi) is 8.40. The van der Waals surface area contributed by atoms with E-state index in [4.69, 9.17) is 0 Å². The Labute approximate surface area is 163 Å². The molecule has 0 spiro atoms. The lowest BCUT2D eigenvalue weighted by Crippen LogP contribution is -2.59. The van der Waals surface area contributed by atoms with E-state index < -0.39 is 70.2 Å². The maximum absolute atomic E-state index is 13.5. The summed E-state index contributed by atoms with van der Waals surface area (Å²) in [7, 11) is -6.38. The molecule has 0 aliphatic rings. The van der Waals surface area contributed by atoms with E-state index in [9.17, 15) is 57.7 Å². The summed E-state index contributed by atoms with van der Waals surface area (Å²) >= 11 is 0. The molecule has 0 amide bonds. The Morgan fingerprint density at radius 2 is 1.50 bits per heavy atom. The molecular formula is C13H13F8O8S-. The van der Waals surface area contributed by atoms with Crippen LogP contribution in [0.1, 0.15) is 20.3 Å². The fourth-order valence-corrected chi connectivity index (χ4v) is 1.76. The molecule has 8 nitrogen and oxygen atoms in total. The molecular weight excluding hydrogens is 468 g/mol. The highest BCUT2D eigenvalue weighted by Crippen LogP contribution is 2.39. The Hall–Kier alpha value is -2.01. The zero-order valence-electron chi connectivity index (χ0n) is 14.9. The van der Waals surface area contributed by atoms with Gasteiger partial charge in [-0.3, -0.25) is 0 Å². The van der Waals surface area contributed by atoms with Crippen LogP contribution in [0.2, 0.25) is 0 Å². The molecule has 0 saturated heterocycles. The summed E-state index contributed by atoms with van der Waals surface area (Å²) < 4.78 is 147. The van der Waals surface area contributed by atoms with E-state index in [0.29, 0.717) is 0 Å². The van der Waals surface area contributed by atoms with E-state index in [1.807, 2.05) is 0 Å². The van der Waals surface area contributed by atoms with Gasteiger partial charge in [0.2, 0.25) is 0 Å². The number of carbonyl (C=O) groups is 2. The van der Waals surface area contributed by atoms with Crippen LogP contribution >= 0.6 is 0 Å². The summed E-state index contributed by atoms with van der Waals surface area (Å²) in [5, 5.41) is -5.19. The maximum Gasteiger partial charge on any atom is 0.468 e. The van der Waals surface area contributed by atoms with E-state index >= 15 is 0 Å². The standard InChI is InChI=1S/C13H14F8O8S/c1-6(2)28-9(23)11(13(19,20)21,29-8(22)7(3)12(16,17)18)27-5-4-10(14,15)30(24,25)26/h6H,3-5H2,1-2H3,(H,24,25,26)/p-1. The normalized spacial score (nSPS) is 15.5. The minimum Gasteiger partial charge on any atom is -0.743 e. The summed E-state index contributed by atoms with van der Waals surface area (Å²) in [5.41, 5.74) is -2.52. The minimum atomic E-state index is -6.38. The first-order valence-corrected chi connectivity index (χ1v) is 8.74. The van der Waals surface area contributed by atoms with Crippen LogP contribution < -0.4 is 0 Å². The van der Waals surface area contributed by atoms with Crippen LogP contribution in [-0.4, -0.2) is 61.0 Å². The molecule has 0 fully saturated rings. The fraction of sp³-hybridized carbons (Fsp3) is 0.692. The highest BCUT2D eigenvalue weighted by molar-refractivity contribution is 7.86. The van der Waals surface area contributed by atoms with Gasteiger partial charge in [0.15, 0.2) is 10.1 Å². The summed E-state index contributed by atoms with van der Waals surface area (Å²) in [5.74, 6) is -10.5. The third kappa shape index (κ3) is 6.76. The van der Waals surface area contributed by atoms with Crippen molar-refractivity contribution in [2.24, 2.45) is 0 Å². The molecule has 0 N–H and O–H groups in total. The van der Waals surface area contributed by atoms with Gasteiger partial charge in [-0.2, -0.15) is 35.1 Å². The molecule has 1 atom stereocenters. The van der Waals surface area contributed by atoms with Crippen LogP contribution in [-0.2, 0) is 33.9 Å². The highest BCUT2D eigenvalue weighted by Gasteiger charge is 2.68. The number of alkyl halides is 8. The lowest BCUT2D eigenvalue weighted by molar-refractivity contribution is -0.357. The van der Waals surface area contributed by atoms with Crippen molar-refractivity contribution in [1.29, 1.82) is 0 Å². The fourth-order valence-electron chi connectivity index (χ4n) is 1.42. The van der Waals surface area contributed by atoms with Crippen molar-refractivity contribution in [3.05, 3.63) is 12.2 Å². The second-order valence-corrected chi connectivity index (χ2v) is 7.13. The van der Waals surface area contributed by atoms with Gasteiger partial charge in [0, 0.05) is 6.42 Å². The predicted molar refractivity (Wildman–Crippen MR) is 76.5 cm³/mol. The first-order chi connectivity index (χ1) is 13.1. The molecule has 176 valence electrons. The van der Waals surface area contributed by atoms with E-state index in [2.05, 4.69) is 20.8 Å². The molecule has 0 aromatic rings. The Morgan fingerprint density at radius 1 is 1.03 bits per heavy atom. The number of carbonyl (C=O) groups excluding carboxylic acids is 2. The molecule has 0 aromatic heterocycles. The number of rotatable bonds is 9. The lowest BCUT2D eigenvalue weighted by Gasteiger charge is -2.33. The van der Waals surface area contributed by atoms with Crippen LogP contribution in [0.3, 0.4) is 0 Å². The van der Waals surface area contributed by atoms with Crippen LogP contribution in [0.15, 0.2) is 12.2 Å². The summed E-state index contributed by atoms with van der Waals surface area (Å²) in [4.78, 5) is 23.3. The van der Waals surface area contributed by atoms with Crippen molar-refractivity contribution in [3.8, 4) is 0 Å². The van der Waals surface area contributed by atoms with E-state index in [0.717, 1.165) is 13.8 Å². The second-order valence-electron chi connectivity index (χ2n) is 5.62. The van der Waals surface area contributed by atoms with Gasteiger partial charge in [-0.1, -0.05) is 6.58 Å². The van der Waals surface area contributed by atoms with Crippen LogP contribution in [0.5, 0.6) is 0 Å². The monoisotopic (exact) mass is 481 g/mol.